The number of hydrogen-bond acceptors (Lipinski definition) is 4. The Kier molecular flexibility index (Phi) is 9.34. The zero-order chi connectivity index (χ0) is 28.9. The van der Waals surface area contributed by atoms with Gasteiger partial charge in [0.1, 0.15) is 0 Å². The molecular formula is C32H35Cl2N5O2. The summed E-state index contributed by atoms with van der Waals surface area (Å²) in [4.78, 5) is 32.2. The molecule has 0 spiro atoms. The topological polar surface area (TPSA) is 79.7 Å². The van der Waals surface area contributed by atoms with Gasteiger partial charge in [-0.3, -0.25) is 4.79 Å². The third-order valence-electron chi connectivity index (χ3n) is 8.44. The average molecular weight is 593 g/mol. The molecule has 0 aromatic heterocycles. The van der Waals surface area contributed by atoms with Crippen molar-refractivity contribution in [2.45, 2.75) is 37.6 Å². The number of nitrogens with one attached hydrogen (secondary N) is 1. The van der Waals surface area contributed by atoms with Crippen molar-refractivity contribution in [3.63, 3.8) is 0 Å². The van der Waals surface area contributed by atoms with Crippen LogP contribution in [0.25, 0.3) is 10.8 Å². The summed E-state index contributed by atoms with van der Waals surface area (Å²) < 4.78 is 0. The number of likely N-dealkylation sites (N-methyl/N-ethyl adjacent to an activating group) is 1. The maximum absolute atomic E-state index is 13.7. The molecule has 2 heterocycles. The van der Waals surface area contributed by atoms with Crippen LogP contribution in [0, 0.1) is 11.3 Å². The summed E-state index contributed by atoms with van der Waals surface area (Å²) >= 11 is 12.6. The van der Waals surface area contributed by atoms with Gasteiger partial charge in [-0.2, -0.15) is 5.26 Å². The van der Waals surface area contributed by atoms with Crippen LogP contribution in [0.2, 0.25) is 10.0 Å². The fraction of sp³-hybridized carbons (Fsp3) is 0.406. The molecule has 41 heavy (non-hydrogen) atoms. The number of piperidine rings is 1. The van der Waals surface area contributed by atoms with Crippen LogP contribution in [0.5, 0.6) is 0 Å². The van der Waals surface area contributed by atoms with E-state index >= 15 is 0 Å². The van der Waals surface area contributed by atoms with E-state index in [0.29, 0.717) is 33.8 Å². The van der Waals surface area contributed by atoms with E-state index in [1.807, 2.05) is 54.4 Å². The molecule has 0 saturated carbocycles. The molecule has 2 fully saturated rings. The number of carbonyl (C=O) groups is 2. The minimum absolute atomic E-state index is 0.0500. The van der Waals surface area contributed by atoms with Gasteiger partial charge in [-0.05, 0) is 67.4 Å². The molecule has 3 aromatic carbocycles. The molecule has 2 saturated heterocycles. The summed E-state index contributed by atoms with van der Waals surface area (Å²) in [7, 11) is 1.83. The van der Waals surface area contributed by atoms with Crippen molar-refractivity contribution < 1.29 is 9.59 Å². The van der Waals surface area contributed by atoms with Crippen LogP contribution in [0.15, 0.2) is 54.6 Å². The Hall–Kier alpha value is -3.31. The standard InChI is InChI=1S/C32H35Cl2N5O2/c1-37(31(40)28-9-7-23(20-35)26-5-2-3-6-27(26)28)21-24(22-8-10-29(33)30(34)19-22)11-16-38-17-12-25(13-18-38)39-15-4-14-36-32(39)41/h2-3,5-10,19,24-25H,4,11-18,21H2,1H3,(H,36,41). The Morgan fingerprint density at radius 3 is 2.54 bits per heavy atom. The van der Waals surface area contributed by atoms with Gasteiger partial charge in [-0.25, -0.2) is 4.79 Å². The van der Waals surface area contributed by atoms with Crippen molar-refractivity contribution in [2.75, 3.05) is 46.3 Å². The Bertz CT molecular complexity index is 1460. The van der Waals surface area contributed by atoms with Crippen molar-refractivity contribution in [1.82, 2.24) is 20.0 Å². The van der Waals surface area contributed by atoms with Crippen LogP contribution in [-0.4, -0.2) is 79.0 Å². The summed E-state index contributed by atoms with van der Waals surface area (Å²) in [6.45, 7) is 4.87. The first kappa shape index (κ1) is 29.2. The number of amides is 3. The smallest absolute Gasteiger partial charge is 0.317 e. The largest absolute Gasteiger partial charge is 0.341 e. The molecule has 9 heteroatoms. The molecule has 1 N–H and O–H groups in total. The fourth-order valence-electron chi connectivity index (χ4n) is 6.12. The molecule has 2 aliphatic heterocycles. The second-order valence-electron chi connectivity index (χ2n) is 11.0. The van der Waals surface area contributed by atoms with Crippen molar-refractivity contribution >= 4 is 45.9 Å². The quantitative estimate of drug-likeness (QED) is 0.341. The van der Waals surface area contributed by atoms with Gasteiger partial charge in [0, 0.05) is 62.7 Å². The van der Waals surface area contributed by atoms with Gasteiger partial charge in [0.25, 0.3) is 5.91 Å². The number of benzene rings is 3. The molecule has 7 nitrogen and oxygen atoms in total. The molecule has 5 rings (SSSR count). The third kappa shape index (κ3) is 6.62. The van der Waals surface area contributed by atoms with E-state index in [2.05, 4.69) is 16.3 Å². The van der Waals surface area contributed by atoms with Crippen LogP contribution in [0.1, 0.15) is 53.1 Å². The van der Waals surface area contributed by atoms with E-state index in [4.69, 9.17) is 23.2 Å². The minimum Gasteiger partial charge on any atom is -0.341 e. The molecule has 1 unspecified atom stereocenters. The summed E-state index contributed by atoms with van der Waals surface area (Å²) in [6.07, 6.45) is 3.78. The van der Waals surface area contributed by atoms with Gasteiger partial charge in [0.15, 0.2) is 0 Å². The number of likely N-dealkylation sites (tertiary alicyclic amines) is 1. The van der Waals surface area contributed by atoms with Gasteiger partial charge in [-0.15, -0.1) is 0 Å². The summed E-state index contributed by atoms with van der Waals surface area (Å²) in [5.74, 6) is -0.0367. The average Bonchev–Trinajstić information content (AvgIpc) is 3.00. The second kappa shape index (κ2) is 13.1. The molecule has 3 amide bonds. The molecular weight excluding hydrogens is 557 g/mol. The fourth-order valence-corrected chi connectivity index (χ4v) is 6.43. The predicted molar refractivity (Wildman–Crippen MR) is 164 cm³/mol. The first-order chi connectivity index (χ1) is 19.9. The molecule has 2 aliphatic rings. The highest BCUT2D eigenvalue weighted by atomic mass is 35.5. The van der Waals surface area contributed by atoms with Crippen LogP contribution in [0.3, 0.4) is 0 Å². The monoisotopic (exact) mass is 591 g/mol. The van der Waals surface area contributed by atoms with Crippen molar-refractivity contribution in [2.24, 2.45) is 0 Å². The summed E-state index contributed by atoms with van der Waals surface area (Å²) in [5, 5.41) is 15.1. The van der Waals surface area contributed by atoms with Gasteiger partial charge < -0.3 is 20.0 Å². The van der Waals surface area contributed by atoms with Crippen LogP contribution < -0.4 is 5.32 Å². The molecule has 0 bridgehead atoms. The highest BCUT2D eigenvalue weighted by molar-refractivity contribution is 6.42. The minimum atomic E-state index is -0.0867. The number of halogens is 2. The lowest BCUT2D eigenvalue weighted by Gasteiger charge is -2.40. The molecule has 1 atom stereocenters. The third-order valence-corrected chi connectivity index (χ3v) is 9.17. The number of fused-ring (bicyclic) bond motifs is 1. The van der Waals surface area contributed by atoms with E-state index in [1.54, 1.807) is 17.0 Å². The predicted octanol–water partition coefficient (Wildman–Crippen LogP) is 6.14. The van der Waals surface area contributed by atoms with Gasteiger partial charge in [0.05, 0.1) is 21.7 Å². The van der Waals surface area contributed by atoms with Gasteiger partial charge in [0.2, 0.25) is 0 Å². The van der Waals surface area contributed by atoms with Crippen molar-refractivity contribution in [1.29, 1.82) is 5.26 Å². The van der Waals surface area contributed by atoms with Crippen LogP contribution in [-0.2, 0) is 0 Å². The van der Waals surface area contributed by atoms with E-state index in [9.17, 15) is 14.9 Å². The number of urea groups is 1. The van der Waals surface area contributed by atoms with Crippen molar-refractivity contribution in [3.8, 4) is 6.07 Å². The Morgan fingerprint density at radius 1 is 1.07 bits per heavy atom. The zero-order valence-electron chi connectivity index (χ0n) is 23.3. The Morgan fingerprint density at radius 2 is 1.83 bits per heavy atom. The number of rotatable bonds is 8. The van der Waals surface area contributed by atoms with E-state index in [-0.39, 0.29) is 17.9 Å². The van der Waals surface area contributed by atoms with Gasteiger partial charge in [-0.1, -0.05) is 53.5 Å². The normalized spacial score (nSPS) is 17.2. The first-order valence-electron chi connectivity index (χ1n) is 14.2. The van der Waals surface area contributed by atoms with Crippen LogP contribution >= 0.6 is 23.2 Å². The van der Waals surface area contributed by atoms with Gasteiger partial charge >= 0.3 is 6.03 Å². The SMILES string of the molecule is CN(CC(CCN1CCC(N2CCCNC2=O)CC1)c1ccc(Cl)c(Cl)c1)C(=O)c1ccc(C#N)c2ccccc12. The number of carbonyl (C=O) groups excluding carboxylic acids is 2. The molecule has 0 radical (unpaired) electrons. The number of nitriles is 1. The number of hydrogen-bond donors (Lipinski definition) is 1. The van der Waals surface area contributed by atoms with E-state index in [1.165, 1.54) is 0 Å². The zero-order valence-corrected chi connectivity index (χ0v) is 24.8. The summed E-state index contributed by atoms with van der Waals surface area (Å²) in [5.41, 5.74) is 2.18. The summed E-state index contributed by atoms with van der Waals surface area (Å²) in [6, 6.07) is 19.3. The second-order valence-corrected chi connectivity index (χ2v) is 11.8. The van der Waals surface area contributed by atoms with E-state index in [0.717, 1.165) is 74.7 Å². The molecule has 3 aromatic rings. The Balaban J connectivity index is 1.28. The maximum atomic E-state index is 13.7. The lowest BCUT2D eigenvalue weighted by Crippen LogP contribution is -2.54. The molecule has 0 aliphatic carbocycles. The highest BCUT2D eigenvalue weighted by Gasteiger charge is 2.30. The first-order valence-corrected chi connectivity index (χ1v) is 15.0. The molecule has 214 valence electrons. The lowest BCUT2D eigenvalue weighted by atomic mass is 9.93. The maximum Gasteiger partial charge on any atom is 0.317 e. The van der Waals surface area contributed by atoms with Crippen molar-refractivity contribution in [3.05, 3.63) is 81.3 Å². The lowest BCUT2D eigenvalue weighted by molar-refractivity contribution is 0.0780. The highest BCUT2D eigenvalue weighted by Crippen LogP contribution is 2.31. The number of nitrogens with zero attached hydrogens (tertiary/aromatic N) is 4. The Labute approximate surface area is 251 Å². The van der Waals surface area contributed by atoms with E-state index < -0.39 is 0 Å². The van der Waals surface area contributed by atoms with Crippen LogP contribution in [0.4, 0.5) is 4.79 Å².